The Hall–Kier alpha value is -2.68. The van der Waals surface area contributed by atoms with Gasteiger partial charge in [-0.3, -0.25) is 9.59 Å². The van der Waals surface area contributed by atoms with Crippen LogP contribution in [0.5, 0.6) is 17.2 Å². The molecule has 0 aromatic heterocycles. The Morgan fingerprint density at radius 1 is 1.11 bits per heavy atom. The summed E-state index contributed by atoms with van der Waals surface area (Å²) in [5.41, 5.74) is 1.67. The molecule has 0 unspecified atom stereocenters. The molecule has 202 valence electrons. The molecule has 7 nitrogen and oxygen atoms in total. The molecule has 0 bridgehead atoms. The Bertz CT molecular complexity index is 1030. The van der Waals surface area contributed by atoms with E-state index in [1.54, 1.807) is 24.3 Å². The average molecular weight is 576 g/mol. The second-order valence-electron chi connectivity index (χ2n) is 9.65. The Morgan fingerprint density at radius 3 is 2.46 bits per heavy atom. The summed E-state index contributed by atoms with van der Waals surface area (Å²) in [6, 6.07) is 13.0. The van der Waals surface area contributed by atoms with Gasteiger partial charge < -0.3 is 40.6 Å². The molecule has 1 amide bonds. The van der Waals surface area contributed by atoms with Crippen LogP contribution < -0.4 is 26.5 Å². The van der Waals surface area contributed by atoms with Gasteiger partial charge in [0.2, 0.25) is 0 Å². The molecule has 0 aliphatic carbocycles. The van der Waals surface area contributed by atoms with Crippen molar-refractivity contribution in [3.8, 4) is 17.2 Å². The van der Waals surface area contributed by atoms with Gasteiger partial charge >= 0.3 is 0 Å². The molecule has 1 aliphatic rings. The zero-order valence-corrected chi connectivity index (χ0v) is 23.8. The van der Waals surface area contributed by atoms with Gasteiger partial charge in [0.25, 0.3) is 5.91 Å². The smallest absolute Gasteiger partial charge is 0.277 e. The molecule has 37 heavy (non-hydrogen) atoms. The van der Waals surface area contributed by atoms with E-state index < -0.39 is 0 Å². The monoisotopic (exact) mass is 574 g/mol. The van der Waals surface area contributed by atoms with Crippen LogP contribution in [0.25, 0.3) is 0 Å². The normalized spacial score (nSPS) is 13.4. The highest BCUT2D eigenvalue weighted by Gasteiger charge is 2.25. The predicted molar refractivity (Wildman–Crippen MR) is 141 cm³/mol. The molecule has 2 aromatic carbocycles. The molecular weight excluding hydrogens is 536 g/mol. The van der Waals surface area contributed by atoms with Gasteiger partial charge in [0.05, 0.1) is 40.5 Å². The highest BCUT2D eigenvalue weighted by molar-refractivity contribution is 5.95. The van der Waals surface area contributed by atoms with Crippen molar-refractivity contribution in [2.45, 2.75) is 26.2 Å². The first-order valence-corrected chi connectivity index (χ1v) is 12.7. The summed E-state index contributed by atoms with van der Waals surface area (Å²) in [4.78, 5) is 26.5. The Balaban J connectivity index is 0.00000481. The Morgan fingerprint density at radius 2 is 1.81 bits per heavy atom. The van der Waals surface area contributed by atoms with E-state index in [9.17, 15) is 9.59 Å². The van der Waals surface area contributed by atoms with E-state index >= 15 is 0 Å². The summed E-state index contributed by atoms with van der Waals surface area (Å²) in [5, 5.41) is 0. The highest BCUT2D eigenvalue weighted by atomic mass is 79.9. The summed E-state index contributed by atoms with van der Waals surface area (Å²) < 4.78 is 18.3. The number of amides is 1. The number of allylic oxidation sites excluding steroid dienone is 1. The maximum atomic E-state index is 12.7. The van der Waals surface area contributed by atoms with Crippen molar-refractivity contribution < 1.29 is 45.3 Å². The summed E-state index contributed by atoms with van der Waals surface area (Å²) in [6.07, 6.45) is 3.76. The third-order valence-corrected chi connectivity index (χ3v) is 6.23. The minimum atomic E-state index is 0. The SMILES string of the molecule is C=CCc1cccc(Oc2ccc(C(=O)CC)cc2)c1OCCC[N+](C)(C)CC(=O)N1CCOCC1.[Br-]. The van der Waals surface area contributed by atoms with E-state index in [1.807, 2.05) is 36.1 Å². The number of Topliss-reactive ketones (excluding diaryl/α,β-unsaturated/α-hetero) is 1. The lowest BCUT2D eigenvalue weighted by molar-refractivity contribution is -0.882. The number of halogens is 1. The van der Waals surface area contributed by atoms with Crippen molar-refractivity contribution in [3.05, 3.63) is 66.2 Å². The lowest BCUT2D eigenvalue weighted by Crippen LogP contribution is -3.00. The van der Waals surface area contributed by atoms with Gasteiger partial charge in [-0.15, -0.1) is 6.58 Å². The average Bonchev–Trinajstić information content (AvgIpc) is 2.88. The number of benzene rings is 2. The number of carbonyl (C=O) groups is 2. The van der Waals surface area contributed by atoms with Gasteiger partial charge in [-0.25, -0.2) is 0 Å². The number of ether oxygens (including phenoxy) is 3. The lowest BCUT2D eigenvalue weighted by Gasteiger charge is -2.33. The molecule has 2 aromatic rings. The standard InChI is InChI=1S/C29H39N2O5.BrH/c1-5-9-24-10-7-11-27(36-25-14-12-23(13-15-25)26(32)6-2)29(24)35-19-8-18-31(3,4)22-28(33)30-16-20-34-21-17-30;/h5,7,10-15H,1,6,8-9,16-22H2,2-4H3;1H/q+1;/p-1. The van der Waals surface area contributed by atoms with Gasteiger partial charge in [-0.1, -0.05) is 25.1 Å². The van der Waals surface area contributed by atoms with Crippen molar-refractivity contribution in [1.82, 2.24) is 4.90 Å². The first-order valence-electron chi connectivity index (χ1n) is 12.7. The summed E-state index contributed by atoms with van der Waals surface area (Å²) in [5.74, 6) is 2.23. The number of rotatable bonds is 13. The molecular formula is C29H39BrN2O5. The molecule has 8 heteroatoms. The van der Waals surface area contributed by atoms with Crippen LogP contribution in [0.15, 0.2) is 55.1 Å². The third-order valence-electron chi connectivity index (χ3n) is 6.23. The van der Waals surface area contributed by atoms with Crippen molar-refractivity contribution in [1.29, 1.82) is 0 Å². The molecule has 1 fully saturated rings. The van der Waals surface area contributed by atoms with E-state index in [0.29, 0.717) is 79.6 Å². The van der Waals surface area contributed by atoms with Crippen molar-refractivity contribution in [3.63, 3.8) is 0 Å². The largest absolute Gasteiger partial charge is 1.00 e. The van der Waals surface area contributed by atoms with Crippen LogP contribution in [0, 0.1) is 0 Å². The number of nitrogens with zero attached hydrogens (tertiary/aromatic N) is 2. The maximum absolute atomic E-state index is 12.7. The lowest BCUT2D eigenvalue weighted by atomic mass is 10.1. The van der Waals surface area contributed by atoms with Crippen molar-refractivity contribution >= 4 is 11.7 Å². The molecule has 1 aliphatic heterocycles. The van der Waals surface area contributed by atoms with Gasteiger partial charge in [0.15, 0.2) is 23.8 Å². The fourth-order valence-electron chi connectivity index (χ4n) is 4.19. The first-order chi connectivity index (χ1) is 17.3. The maximum Gasteiger partial charge on any atom is 0.277 e. The summed E-state index contributed by atoms with van der Waals surface area (Å²) >= 11 is 0. The van der Waals surface area contributed by atoms with E-state index in [2.05, 4.69) is 20.7 Å². The summed E-state index contributed by atoms with van der Waals surface area (Å²) in [7, 11) is 4.15. The number of hydrogen-bond donors (Lipinski definition) is 0. The van der Waals surface area contributed by atoms with E-state index in [-0.39, 0.29) is 28.7 Å². The van der Waals surface area contributed by atoms with Crippen LogP contribution in [0.1, 0.15) is 35.7 Å². The Kier molecular flexibility index (Phi) is 12.3. The fraction of sp³-hybridized carbons (Fsp3) is 0.448. The molecule has 0 atom stereocenters. The second-order valence-corrected chi connectivity index (χ2v) is 9.65. The molecule has 1 heterocycles. The van der Waals surface area contributed by atoms with E-state index in [4.69, 9.17) is 14.2 Å². The van der Waals surface area contributed by atoms with Gasteiger partial charge in [0.1, 0.15) is 5.75 Å². The first kappa shape index (κ1) is 30.5. The zero-order chi connectivity index (χ0) is 26.0. The highest BCUT2D eigenvalue weighted by Crippen LogP contribution is 2.35. The number of quaternary nitrogens is 1. The predicted octanol–water partition coefficient (Wildman–Crippen LogP) is 1.51. The van der Waals surface area contributed by atoms with Gasteiger partial charge in [-0.05, 0) is 36.8 Å². The number of likely N-dealkylation sites (N-methyl/N-ethyl adjacent to an activating group) is 1. The number of para-hydroxylation sites is 1. The van der Waals surface area contributed by atoms with Crippen LogP contribution in [0.2, 0.25) is 0 Å². The fourth-order valence-corrected chi connectivity index (χ4v) is 4.19. The molecule has 0 radical (unpaired) electrons. The second kappa shape index (κ2) is 14.9. The Labute approximate surface area is 231 Å². The van der Waals surface area contributed by atoms with E-state index in [1.165, 1.54) is 0 Å². The number of ketones is 1. The van der Waals surface area contributed by atoms with Gasteiger partial charge in [-0.2, -0.15) is 0 Å². The number of morpholine rings is 1. The number of carbonyl (C=O) groups excluding carboxylic acids is 2. The summed E-state index contributed by atoms with van der Waals surface area (Å²) in [6.45, 7) is 10.0. The topological polar surface area (TPSA) is 65.1 Å². The van der Waals surface area contributed by atoms with Gasteiger partial charge in [0, 0.05) is 37.1 Å². The third kappa shape index (κ3) is 9.29. The molecule has 0 spiro atoms. The van der Waals surface area contributed by atoms with Crippen LogP contribution in [-0.2, 0) is 16.0 Å². The van der Waals surface area contributed by atoms with Crippen LogP contribution >= 0.6 is 0 Å². The van der Waals surface area contributed by atoms with Crippen molar-refractivity contribution in [2.75, 3.05) is 60.1 Å². The minimum absolute atomic E-state index is 0. The van der Waals surface area contributed by atoms with Crippen molar-refractivity contribution in [2.24, 2.45) is 0 Å². The molecule has 0 N–H and O–H groups in total. The molecule has 3 rings (SSSR count). The van der Waals surface area contributed by atoms with Crippen LogP contribution in [-0.4, -0.2) is 81.2 Å². The number of hydrogen-bond acceptors (Lipinski definition) is 5. The zero-order valence-electron chi connectivity index (χ0n) is 22.2. The van der Waals surface area contributed by atoms with Crippen LogP contribution in [0.3, 0.4) is 0 Å². The minimum Gasteiger partial charge on any atom is -1.00 e. The van der Waals surface area contributed by atoms with E-state index in [0.717, 1.165) is 18.5 Å². The molecule has 1 saturated heterocycles. The van der Waals surface area contributed by atoms with Crippen LogP contribution in [0.4, 0.5) is 0 Å². The quantitative estimate of drug-likeness (QED) is 0.157. The molecule has 0 saturated carbocycles.